The standard InChI is InChI=1S/C12H13BrN2O4S/c1-12(17)5-15(6-12)20(18,19)10-2-7-3-11(16)14-9(7)4-8(10)13/h2,4,17H,3,5-6H2,1H3,(H,14,16). The molecule has 2 N–H and O–H groups in total. The number of β-amino-alcohol motifs (C(OH)–C–C–N with tert-alkyl or cyclic N) is 1. The van der Waals surface area contributed by atoms with Gasteiger partial charge in [0, 0.05) is 23.2 Å². The SMILES string of the molecule is CC1(O)CN(S(=O)(=O)c2cc3c(cc2Br)NC(=O)C3)C1. The summed E-state index contributed by atoms with van der Waals surface area (Å²) in [4.78, 5) is 11.5. The lowest BCUT2D eigenvalue weighted by atomic mass is 10.0. The molecule has 2 aliphatic rings. The van der Waals surface area contributed by atoms with E-state index in [2.05, 4.69) is 21.2 Å². The number of fused-ring (bicyclic) bond motifs is 1. The van der Waals surface area contributed by atoms with Crippen LogP contribution in [0.4, 0.5) is 5.69 Å². The van der Waals surface area contributed by atoms with Crippen molar-refractivity contribution in [2.45, 2.75) is 23.8 Å². The summed E-state index contributed by atoms with van der Waals surface area (Å²) in [6, 6.07) is 3.12. The highest BCUT2D eigenvalue weighted by Crippen LogP contribution is 2.36. The third kappa shape index (κ3) is 2.16. The lowest BCUT2D eigenvalue weighted by Crippen LogP contribution is -2.61. The van der Waals surface area contributed by atoms with Crippen molar-refractivity contribution in [3.63, 3.8) is 0 Å². The summed E-state index contributed by atoms with van der Waals surface area (Å²) in [5.41, 5.74) is 0.342. The molecule has 0 radical (unpaired) electrons. The van der Waals surface area contributed by atoms with E-state index in [1.807, 2.05) is 0 Å². The smallest absolute Gasteiger partial charge is 0.244 e. The minimum atomic E-state index is -3.66. The normalized spacial score (nSPS) is 21.2. The molecule has 108 valence electrons. The number of hydrogen-bond donors (Lipinski definition) is 2. The molecule has 2 heterocycles. The summed E-state index contributed by atoms with van der Waals surface area (Å²) >= 11 is 3.24. The summed E-state index contributed by atoms with van der Waals surface area (Å²) in [5.74, 6) is -0.145. The third-order valence-electron chi connectivity index (χ3n) is 3.43. The third-order valence-corrected chi connectivity index (χ3v) is 6.18. The number of anilines is 1. The Morgan fingerprint density at radius 3 is 2.65 bits per heavy atom. The predicted octanol–water partition coefficient (Wildman–Crippen LogP) is 0.699. The Hall–Kier alpha value is -0.960. The Labute approximate surface area is 125 Å². The second kappa shape index (κ2) is 4.27. The number of nitrogens with zero attached hydrogens (tertiary/aromatic N) is 1. The molecule has 0 aliphatic carbocycles. The number of carbonyl (C=O) groups is 1. The van der Waals surface area contributed by atoms with Gasteiger partial charge in [0.2, 0.25) is 15.9 Å². The number of halogens is 1. The Morgan fingerprint density at radius 1 is 1.40 bits per heavy atom. The summed E-state index contributed by atoms with van der Waals surface area (Å²) in [5, 5.41) is 12.4. The average Bonchev–Trinajstić information content (AvgIpc) is 2.63. The fourth-order valence-corrected chi connectivity index (χ4v) is 5.17. The minimum absolute atomic E-state index is 0.0794. The van der Waals surface area contributed by atoms with Crippen molar-refractivity contribution >= 4 is 37.5 Å². The summed E-state index contributed by atoms with van der Waals surface area (Å²) < 4.78 is 26.6. The van der Waals surface area contributed by atoms with E-state index in [0.29, 0.717) is 15.7 Å². The predicted molar refractivity (Wildman–Crippen MR) is 75.9 cm³/mol. The van der Waals surface area contributed by atoms with Crippen molar-refractivity contribution in [3.05, 3.63) is 22.2 Å². The van der Waals surface area contributed by atoms with E-state index in [9.17, 15) is 18.3 Å². The molecule has 6 nitrogen and oxygen atoms in total. The van der Waals surface area contributed by atoms with Crippen LogP contribution in [0.5, 0.6) is 0 Å². The average molecular weight is 361 g/mol. The largest absolute Gasteiger partial charge is 0.387 e. The highest BCUT2D eigenvalue weighted by Gasteiger charge is 2.44. The monoisotopic (exact) mass is 360 g/mol. The number of sulfonamides is 1. The molecule has 0 atom stereocenters. The fourth-order valence-electron chi connectivity index (χ4n) is 2.45. The van der Waals surface area contributed by atoms with Crippen LogP contribution in [-0.2, 0) is 21.2 Å². The van der Waals surface area contributed by atoms with Gasteiger partial charge in [-0.15, -0.1) is 0 Å². The van der Waals surface area contributed by atoms with Crippen LogP contribution in [0.25, 0.3) is 0 Å². The second-order valence-electron chi connectivity index (χ2n) is 5.43. The van der Waals surface area contributed by atoms with E-state index in [4.69, 9.17) is 0 Å². The van der Waals surface area contributed by atoms with Gasteiger partial charge in [0.05, 0.1) is 16.9 Å². The van der Waals surface area contributed by atoms with Gasteiger partial charge >= 0.3 is 0 Å². The Kier molecular flexibility index (Phi) is 2.99. The maximum Gasteiger partial charge on any atom is 0.244 e. The molecule has 0 unspecified atom stereocenters. The zero-order chi connectivity index (χ0) is 14.7. The van der Waals surface area contributed by atoms with Crippen molar-refractivity contribution in [2.75, 3.05) is 18.4 Å². The first-order valence-electron chi connectivity index (χ1n) is 6.04. The Bertz CT molecular complexity index is 706. The molecule has 3 rings (SSSR count). The van der Waals surface area contributed by atoms with Crippen LogP contribution < -0.4 is 5.32 Å². The molecule has 0 aromatic heterocycles. The van der Waals surface area contributed by atoms with Crippen LogP contribution in [-0.4, -0.2) is 42.4 Å². The number of carbonyl (C=O) groups excluding carboxylic acids is 1. The van der Waals surface area contributed by atoms with Crippen LogP contribution in [0.1, 0.15) is 12.5 Å². The van der Waals surface area contributed by atoms with E-state index >= 15 is 0 Å². The second-order valence-corrected chi connectivity index (χ2v) is 8.20. The minimum Gasteiger partial charge on any atom is -0.387 e. The summed E-state index contributed by atoms with van der Waals surface area (Å²) in [7, 11) is -3.66. The maximum atomic E-state index is 12.5. The molecule has 1 aromatic rings. The van der Waals surface area contributed by atoms with Crippen molar-refractivity contribution < 1.29 is 18.3 Å². The van der Waals surface area contributed by atoms with E-state index < -0.39 is 15.6 Å². The highest BCUT2D eigenvalue weighted by molar-refractivity contribution is 9.10. The van der Waals surface area contributed by atoms with Gasteiger partial charge in [-0.1, -0.05) is 0 Å². The molecule has 1 aromatic carbocycles. The maximum absolute atomic E-state index is 12.5. The first-order chi connectivity index (χ1) is 9.19. The fraction of sp³-hybridized carbons (Fsp3) is 0.417. The van der Waals surface area contributed by atoms with Gasteiger partial charge in [-0.2, -0.15) is 4.31 Å². The number of nitrogens with one attached hydrogen (secondary N) is 1. The number of benzene rings is 1. The molecular weight excluding hydrogens is 348 g/mol. The zero-order valence-electron chi connectivity index (χ0n) is 10.7. The number of amides is 1. The number of hydrogen-bond acceptors (Lipinski definition) is 4. The first-order valence-corrected chi connectivity index (χ1v) is 8.27. The van der Waals surface area contributed by atoms with Crippen molar-refractivity contribution in [1.29, 1.82) is 0 Å². The van der Waals surface area contributed by atoms with Gasteiger partial charge in [0.15, 0.2) is 0 Å². The van der Waals surface area contributed by atoms with E-state index in [-0.39, 0.29) is 30.3 Å². The van der Waals surface area contributed by atoms with Crippen molar-refractivity contribution in [3.8, 4) is 0 Å². The van der Waals surface area contributed by atoms with Crippen LogP contribution in [0.3, 0.4) is 0 Å². The van der Waals surface area contributed by atoms with Crippen molar-refractivity contribution in [2.24, 2.45) is 0 Å². The Balaban J connectivity index is 1.99. The van der Waals surface area contributed by atoms with Gasteiger partial charge in [0.1, 0.15) is 0 Å². The van der Waals surface area contributed by atoms with Crippen LogP contribution in [0.15, 0.2) is 21.5 Å². The Morgan fingerprint density at radius 2 is 2.05 bits per heavy atom. The molecular formula is C12H13BrN2O4S. The number of rotatable bonds is 2. The molecule has 1 fully saturated rings. The molecule has 20 heavy (non-hydrogen) atoms. The van der Waals surface area contributed by atoms with Gasteiger partial charge in [-0.25, -0.2) is 8.42 Å². The van der Waals surface area contributed by atoms with Crippen molar-refractivity contribution in [1.82, 2.24) is 4.31 Å². The van der Waals surface area contributed by atoms with Crippen LogP contribution in [0, 0.1) is 0 Å². The highest BCUT2D eigenvalue weighted by atomic mass is 79.9. The summed E-state index contributed by atoms with van der Waals surface area (Å²) in [6.07, 6.45) is 0.183. The van der Waals surface area contributed by atoms with Gasteiger partial charge in [-0.05, 0) is 40.5 Å². The van der Waals surface area contributed by atoms with E-state index in [1.54, 1.807) is 13.0 Å². The van der Waals surface area contributed by atoms with Gasteiger partial charge in [-0.3, -0.25) is 4.79 Å². The zero-order valence-corrected chi connectivity index (χ0v) is 13.1. The van der Waals surface area contributed by atoms with E-state index in [0.717, 1.165) is 0 Å². The van der Waals surface area contributed by atoms with Gasteiger partial charge < -0.3 is 10.4 Å². The molecule has 1 saturated heterocycles. The first kappa shape index (κ1) is 14.0. The van der Waals surface area contributed by atoms with E-state index in [1.165, 1.54) is 10.4 Å². The molecule has 1 amide bonds. The van der Waals surface area contributed by atoms with Crippen LogP contribution in [0.2, 0.25) is 0 Å². The summed E-state index contributed by atoms with van der Waals surface area (Å²) in [6.45, 7) is 1.76. The molecule has 0 bridgehead atoms. The molecule has 0 saturated carbocycles. The topological polar surface area (TPSA) is 86.7 Å². The van der Waals surface area contributed by atoms with Gasteiger partial charge in [0.25, 0.3) is 0 Å². The van der Waals surface area contributed by atoms with Crippen LogP contribution >= 0.6 is 15.9 Å². The lowest BCUT2D eigenvalue weighted by Gasteiger charge is -2.43. The lowest BCUT2D eigenvalue weighted by molar-refractivity contribution is -0.115. The molecule has 8 heteroatoms. The molecule has 2 aliphatic heterocycles. The number of aliphatic hydroxyl groups is 1. The molecule has 0 spiro atoms. The quantitative estimate of drug-likeness (QED) is 0.812.